The van der Waals surface area contributed by atoms with Gasteiger partial charge in [-0.3, -0.25) is 14.3 Å². The molecule has 1 aromatic rings. The average Bonchev–Trinajstić information content (AvgIpc) is 3.05. The van der Waals surface area contributed by atoms with Crippen molar-refractivity contribution in [1.82, 2.24) is 14.7 Å². The van der Waals surface area contributed by atoms with Gasteiger partial charge in [-0.05, 0) is 20.3 Å². The van der Waals surface area contributed by atoms with Crippen molar-refractivity contribution in [3.8, 4) is 0 Å². The number of aromatic nitrogens is 2. The fraction of sp³-hybridized carbons (Fsp3) is 0.667. The molecule has 122 valence electrons. The highest BCUT2D eigenvalue weighted by molar-refractivity contribution is 5.87. The van der Waals surface area contributed by atoms with Gasteiger partial charge in [0.15, 0.2) is 5.82 Å². The Kier molecular flexibility index (Phi) is 5.54. The molecule has 7 nitrogen and oxygen atoms in total. The van der Waals surface area contributed by atoms with Gasteiger partial charge in [-0.25, -0.2) is 0 Å². The molecule has 0 aromatic carbocycles. The number of ether oxygens (including phenoxy) is 1. The first-order valence-electron chi connectivity index (χ1n) is 7.68. The third-order valence-electron chi connectivity index (χ3n) is 3.57. The summed E-state index contributed by atoms with van der Waals surface area (Å²) in [7, 11) is 0. The van der Waals surface area contributed by atoms with Crippen molar-refractivity contribution < 1.29 is 14.3 Å². The first-order chi connectivity index (χ1) is 10.5. The maximum absolute atomic E-state index is 12.1. The van der Waals surface area contributed by atoms with Crippen molar-refractivity contribution in [2.45, 2.75) is 45.8 Å². The Bertz CT molecular complexity index is 527. The first kappa shape index (κ1) is 16.5. The van der Waals surface area contributed by atoms with Gasteiger partial charge in [0.25, 0.3) is 0 Å². The molecular formula is C15H24N4O3. The average molecular weight is 308 g/mol. The molecule has 1 unspecified atom stereocenters. The van der Waals surface area contributed by atoms with Crippen LogP contribution in [-0.4, -0.2) is 52.3 Å². The lowest BCUT2D eigenvalue weighted by Gasteiger charge is -2.17. The lowest BCUT2D eigenvalue weighted by Crippen LogP contribution is -2.30. The Morgan fingerprint density at radius 3 is 2.95 bits per heavy atom. The fourth-order valence-electron chi connectivity index (χ4n) is 2.51. The summed E-state index contributed by atoms with van der Waals surface area (Å²) in [5.74, 6) is 0.527. The Balaban J connectivity index is 1.83. The Hall–Kier alpha value is -1.89. The second kappa shape index (κ2) is 7.40. The molecule has 7 heteroatoms. The molecule has 1 fully saturated rings. The molecule has 1 atom stereocenters. The summed E-state index contributed by atoms with van der Waals surface area (Å²) >= 11 is 0. The van der Waals surface area contributed by atoms with Crippen LogP contribution in [0.1, 0.15) is 39.7 Å². The lowest BCUT2D eigenvalue weighted by molar-refractivity contribution is -0.131. The van der Waals surface area contributed by atoms with Crippen molar-refractivity contribution in [1.29, 1.82) is 0 Å². The number of hydrogen-bond acceptors (Lipinski definition) is 4. The SMILES string of the molecule is CC(=O)Nc1ccn(C2CCN(C(=O)CCOC(C)C)C2)n1. The van der Waals surface area contributed by atoms with Crippen molar-refractivity contribution in [2.24, 2.45) is 0 Å². The molecule has 1 aliphatic heterocycles. The molecule has 1 saturated heterocycles. The van der Waals surface area contributed by atoms with Gasteiger partial charge in [-0.15, -0.1) is 0 Å². The van der Waals surface area contributed by atoms with E-state index in [4.69, 9.17) is 4.74 Å². The van der Waals surface area contributed by atoms with Gasteiger partial charge < -0.3 is 15.0 Å². The zero-order valence-electron chi connectivity index (χ0n) is 13.4. The third kappa shape index (κ3) is 4.56. The van der Waals surface area contributed by atoms with E-state index in [1.54, 1.807) is 6.07 Å². The molecule has 2 heterocycles. The van der Waals surface area contributed by atoms with E-state index in [2.05, 4.69) is 10.4 Å². The number of likely N-dealkylation sites (tertiary alicyclic amines) is 1. The topological polar surface area (TPSA) is 76.5 Å². The fourth-order valence-corrected chi connectivity index (χ4v) is 2.51. The van der Waals surface area contributed by atoms with E-state index in [1.165, 1.54) is 6.92 Å². The summed E-state index contributed by atoms with van der Waals surface area (Å²) in [6.45, 7) is 7.23. The number of hydrogen-bond donors (Lipinski definition) is 1. The minimum Gasteiger partial charge on any atom is -0.378 e. The predicted octanol–water partition coefficient (Wildman–Crippen LogP) is 1.43. The summed E-state index contributed by atoms with van der Waals surface area (Å²) < 4.78 is 7.24. The zero-order valence-corrected chi connectivity index (χ0v) is 13.4. The first-order valence-corrected chi connectivity index (χ1v) is 7.68. The van der Waals surface area contributed by atoms with E-state index >= 15 is 0 Å². The van der Waals surface area contributed by atoms with Crippen LogP contribution in [0.5, 0.6) is 0 Å². The monoisotopic (exact) mass is 308 g/mol. The van der Waals surface area contributed by atoms with E-state index in [9.17, 15) is 9.59 Å². The third-order valence-corrected chi connectivity index (χ3v) is 3.57. The van der Waals surface area contributed by atoms with Crippen LogP contribution in [0.25, 0.3) is 0 Å². The van der Waals surface area contributed by atoms with Gasteiger partial charge in [-0.2, -0.15) is 5.10 Å². The summed E-state index contributed by atoms with van der Waals surface area (Å²) in [4.78, 5) is 25.0. The summed E-state index contributed by atoms with van der Waals surface area (Å²) in [5.41, 5.74) is 0. The molecule has 0 radical (unpaired) electrons. The van der Waals surface area contributed by atoms with E-state index < -0.39 is 0 Å². The summed E-state index contributed by atoms with van der Waals surface area (Å²) in [5, 5.41) is 6.99. The second-order valence-electron chi connectivity index (χ2n) is 5.81. The number of anilines is 1. The summed E-state index contributed by atoms with van der Waals surface area (Å²) in [6.07, 6.45) is 3.28. The van der Waals surface area contributed by atoms with E-state index in [0.717, 1.165) is 13.0 Å². The Morgan fingerprint density at radius 2 is 2.27 bits per heavy atom. The van der Waals surface area contributed by atoms with Gasteiger partial charge in [0.2, 0.25) is 11.8 Å². The minimum absolute atomic E-state index is 0.123. The molecule has 1 aliphatic rings. The molecule has 0 aliphatic carbocycles. The van der Waals surface area contributed by atoms with Crippen molar-refractivity contribution in [3.05, 3.63) is 12.3 Å². The van der Waals surface area contributed by atoms with Gasteiger partial charge in [0, 0.05) is 32.3 Å². The molecule has 22 heavy (non-hydrogen) atoms. The highest BCUT2D eigenvalue weighted by Crippen LogP contribution is 2.22. The van der Waals surface area contributed by atoms with Crippen LogP contribution in [0.3, 0.4) is 0 Å². The standard InChI is InChI=1S/C15H24N4O3/c1-11(2)22-9-6-15(21)18-7-4-13(10-18)19-8-5-14(17-19)16-12(3)20/h5,8,11,13H,4,6-7,9-10H2,1-3H3,(H,16,17,20). The largest absolute Gasteiger partial charge is 0.378 e. The molecule has 2 amide bonds. The molecule has 0 bridgehead atoms. The highest BCUT2D eigenvalue weighted by Gasteiger charge is 2.27. The van der Waals surface area contributed by atoms with Crippen LogP contribution in [-0.2, 0) is 14.3 Å². The second-order valence-corrected chi connectivity index (χ2v) is 5.81. The van der Waals surface area contributed by atoms with E-state index in [-0.39, 0.29) is 24.0 Å². The quantitative estimate of drug-likeness (QED) is 0.862. The Morgan fingerprint density at radius 1 is 1.50 bits per heavy atom. The molecular weight excluding hydrogens is 284 g/mol. The van der Waals surface area contributed by atoms with Crippen LogP contribution < -0.4 is 5.32 Å². The van der Waals surface area contributed by atoms with Gasteiger partial charge >= 0.3 is 0 Å². The van der Waals surface area contributed by atoms with Crippen molar-refractivity contribution in [3.63, 3.8) is 0 Å². The minimum atomic E-state index is -0.140. The van der Waals surface area contributed by atoms with Crippen LogP contribution in [0.4, 0.5) is 5.82 Å². The maximum atomic E-state index is 12.1. The van der Waals surface area contributed by atoms with Crippen molar-refractivity contribution >= 4 is 17.6 Å². The number of carbonyl (C=O) groups excluding carboxylic acids is 2. The predicted molar refractivity (Wildman–Crippen MR) is 82.5 cm³/mol. The van der Waals surface area contributed by atoms with E-state index in [1.807, 2.05) is 29.6 Å². The molecule has 1 N–H and O–H groups in total. The molecule has 0 saturated carbocycles. The number of nitrogens with one attached hydrogen (secondary N) is 1. The highest BCUT2D eigenvalue weighted by atomic mass is 16.5. The van der Waals surface area contributed by atoms with Crippen LogP contribution >= 0.6 is 0 Å². The normalized spacial score (nSPS) is 18.0. The Labute approximate surface area is 130 Å². The number of rotatable bonds is 6. The number of nitrogens with zero attached hydrogens (tertiary/aromatic N) is 3. The smallest absolute Gasteiger partial charge is 0.224 e. The van der Waals surface area contributed by atoms with Gasteiger partial charge in [0.05, 0.1) is 25.2 Å². The van der Waals surface area contributed by atoms with Crippen LogP contribution in [0.15, 0.2) is 12.3 Å². The van der Waals surface area contributed by atoms with Crippen LogP contribution in [0.2, 0.25) is 0 Å². The van der Waals surface area contributed by atoms with Crippen LogP contribution in [0, 0.1) is 0 Å². The molecule has 2 rings (SSSR count). The molecule has 0 spiro atoms. The van der Waals surface area contributed by atoms with Crippen molar-refractivity contribution in [2.75, 3.05) is 25.0 Å². The maximum Gasteiger partial charge on any atom is 0.224 e. The van der Waals surface area contributed by atoms with Gasteiger partial charge in [-0.1, -0.05) is 0 Å². The zero-order chi connectivity index (χ0) is 16.1. The number of amides is 2. The lowest BCUT2D eigenvalue weighted by atomic mass is 10.3. The molecule has 1 aromatic heterocycles. The van der Waals surface area contributed by atoms with Gasteiger partial charge in [0.1, 0.15) is 0 Å². The number of carbonyl (C=O) groups is 2. The van der Waals surface area contributed by atoms with E-state index in [0.29, 0.717) is 25.4 Å². The summed E-state index contributed by atoms with van der Waals surface area (Å²) in [6, 6.07) is 1.93.